The summed E-state index contributed by atoms with van der Waals surface area (Å²) in [5.74, 6) is 4.03. The van der Waals surface area contributed by atoms with Crippen LogP contribution in [0.15, 0.2) is 200 Å². The van der Waals surface area contributed by atoms with Gasteiger partial charge in [-0.3, -0.25) is 0 Å². The summed E-state index contributed by atoms with van der Waals surface area (Å²) in [6, 6.07) is 69.3. The molecule has 0 atom stereocenters. The second kappa shape index (κ2) is 22.9. The van der Waals surface area contributed by atoms with Crippen molar-refractivity contribution in [3.63, 3.8) is 0 Å². The maximum atomic E-state index is 5.56. The molecular weight excluding hydrogens is 915 g/mol. The molecule has 0 unspecified atom stereocenters. The summed E-state index contributed by atoms with van der Waals surface area (Å²) in [6.07, 6.45) is 8.80. The van der Waals surface area contributed by atoms with Crippen LogP contribution in [0.2, 0.25) is 0 Å². The van der Waals surface area contributed by atoms with Crippen LogP contribution in [-0.4, -0.2) is 35.5 Å². The predicted molar refractivity (Wildman–Crippen MR) is 308 cm³/mol. The Kier molecular flexibility index (Phi) is 15.5. The smallest absolute Gasteiger partial charge is 0.119 e. The fraction of sp³-hybridized carbons (Fsp3) is 0.121. The maximum Gasteiger partial charge on any atom is 0.119 e. The Balaban J connectivity index is 0.988. The monoisotopic (exact) mass is 975 g/mol. The van der Waals surface area contributed by atoms with Gasteiger partial charge in [-0.25, -0.2) is 0 Å². The van der Waals surface area contributed by atoms with Gasteiger partial charge in [-0.15, -0.1) is 0 Å². The highest BCUT2D eigenvalue weighted by atomic mass is 16.5. The normalized spacial score (nSPS) is 11.1. The lowest BCUT2D eigenvalue weighted by atomic mass is 10.0. The minimum Gasteiger partial charge on any atom is -0.497 e. The molecule has 0 fully saturated rings. The molecule has 8 heteroatoms. The lowest BCUT2D eigenvalue weighted by Crippen LogP contribution is -2.10. The van der Waals surface area contributed by atoms with Gasteiger partial charge >= 0.3 is 0 Å². The quantitative estimate of drug-likeness (QED) is 0.0789. The zero-order valence-electron chi connectivity index (χ0n) is 43.2. The number of anilines is 9. The Bertz CT molecular complexity index is 3270. The number of ether oxygens (including phenoxy) is 5. The molecule has 0 saturated carbocycles. The number of nitrogens with zero attached hydrogens (tertiary/aromatic N) is 3. The van der Waals surface area contributed by atoms with Gasteiger partial charge in [-0.1, -0.05) is 54.6 Å². The highest BCUT2D eigenvalue weighted by Crippen LogP contribution is 2.41. The van der Waals surface area contributed by atoms with Gasteiger partial charge in [0.2, 0.25) is 0 Å². The van der Waals surface area contributed by atoms with E-state index >= 15 is 0 Å². The topological polar surface area (TPSA) is 55.9 Å². The van der Waals surface area contributed by atoms with Crippen molar-refractivity contribution in [2.75, 3.05) is 50.2 Å². The molecule has 0 aliphatic heterocycles. The number of aryl methyl sites for hydroxylation is 3. The third-order valence-electron chi connectivity index (χ3n) is 13.3. The van der Waals surface area contributed by atoms with Crippen molar-refractivity contribution >= 4 is 75.5 Å². The molecule has 9 aromatic rings. The molecule has 9 rings (SSSR count). The van der Waals surface area contributed by atoms with Crippen molar-refractivity contribution in [1.29, 1.82) is 0 Å². The van der Waals surface area contributed by atoms with Gasteiger partial charge in [0, 0.05) is 51.2 Å². The highest BCUT2D eigenvalue weighted by molar-refractivity contribution is 5.84. The molecule has 0 aliphatic carbocycles. The van der Waals surface area contributed by atoms with Crippen LogP contribution in [-0.2, 0) is 0 Å². The van der Waals surface area contributed by atoms with Gasteiger partial charge < -0.3 is 38.4 Å². The van der Waals surface area contributed by atoms with Crippen LogP contribution in [0.25, 0.3) is 24.3 Å². The van der Waals surface area contributed by atoms with E-state index in [-0.39, 0.29) is 0 Å². The van der Waals surface area contributed by atoms with Crippen molar-refractivity contribution < 1.29 is 23.7 Å². The van der Waals surface area contributed by atoms with Crippen LogP contribution in [0.5, 0.6) is 28.7 Å². The van der Waals surface area contributed by atoms with Gasteiger partial charge in [0.25, 0.3) is 0 Å². The first kappa shape index (κ1) is 49.8. The second-order valence-electron chi connectivity index (χ2n) is 17.9. The van der Waals surface area contributed by atoms with Gasteiger partial charge in [-0.05, 0) is 230 Å². The summed E-state index contributed by atoms with van der Waals surface area (Å²) >= 11 is 0. The Hall–Kier alpha value is -9.14. The van der Waals surface area contributed by atoms with Crippen molar-refractivity contribution in [2.45, 2.75) is 20.8 Å². The van der Waals surface area contributed by atoms with E-state index in [1.54, 1.807) is 35.5 Å². The molecule has 0 amide bonds. The van der Waals surface area contributed by atoms with E-state index in [0.717, 1.165) is 108 Å². The Morgan fingerprint density at radius 2 is 0.500 bits per heavy atom. The molecule has 370 valence electrons. The van der Waals surface area contributed by atoms with Crippen molar-refractivity contribution in [2.24, 2.45) is 0 Å². The van der Waals surface area contributed by atoms with Crippen LogP contribution in [0, 0.1) is 20.8 Å². The molecule has 0 aliphatic rings. The standard InChI is InChI=1S/C66H61N3O5/c1-46-9-18-60(68(55-25-35-63(71-5)36-26-55)56-27-37-64(72-6)38-28-56)44-51(46)14-11-49-12-20-53(21-13-49)67(54-23-33-62(70-4)34-24-54)59-22-17-50(48(3)43-59)15-16-52-45-61(19-10-47(52)2)69(57-29-39-65(73-7)40-30-57)58-31-41-66(74-8)42-32-58/h9-45H,1-8H3/b14-11+,16-15+. The summed E-state index contributed by atoms with van der Waals surface area (Å²) < 4.78 is 27.5. The molecule has 0 N–H and O–H groups in total. The Morgan fingerprint density at radius 1 is 0.243 bits per heavy atom. The number of methoxy groups -OCH3 is 5. The molecule has 9 aromatic carbocycles. The Labute approximate surface area is 436 Å². The van der Waals surface area contributed by atoms with Gasteiger partial charge in [0.15, 0.2) is 0 Å². The molecule has 8 nitrogen and oxygen atoms in total. The van der Waals surface area contributed by atoms with Crippen molar-refractivity contribution in [3.05, 3.63) is 239 Å². The lowest BCUT2D eigenvalue weighted by Gasteiger charge is -2.26. The third kappa shape index (κ3) is 11.3. The largest absolute Gasteiger partial charge is 0.497 e. The SMILES string of the molecule is COc1ccc(N(c2ccc(/C=C/c3cc(N(c4ccc(OC)cc4)c4ccc(OC)cc4)ccc3C)cc2)c2ccc(/C=C/c3cc(N(c4ccc(OC)cc4)c4ccc(OC)cc4)ccc3C)c(C)c2)cc1. The van der Waals surface area contributed by atoms with E-state index in [1.165, 1.54) is 11.1 Å². The molecular formula is C66H61N3O5. The molecule has 0 bridgehead atoms. The Morgan fingerprint density at radius 3 is 0.811 bits per heavy atom. The van der Waals surface area contributed by atoms with Gasteiger partial charge in [0.1, 0.15) is 28.7 Å². The minimum absolute atomic E-state index is 0.803. The van der Waals surface area contributed by atoms with Crippen molar-refractivity contribution in [3.8, 4) is 28.7 Å². The average molecular weight is 976 g/mol. The first-order chi connectivity index (χ1) is 36.1. The second-order valence-corrected chi connectivity index (χ2v) is 17.9. The number of hydrogen-bond acceptors (Lipinski definition) is 8. The van der Waals surface area contributed by atoms with Crippen molar-refractivity contribution in [1.82, 2.24) is 0 Å². The first-order valence-electron chi connectivity index (χ1n) is 24.5. The molecule has 0 spiro atoms. The lowest BCUT2D eigenvalue weighted by molar-refractivity contribution is 0.414. The van der Waals surface area contributed by atoms with Crippen LogP contribution in [0.3, 0.4) is 0 Å². The zero-order valence-corrected chi connectivity index (χ0v) is 43.2. The van der Waals surface area contributed by atoms with Gasteiger partial charge in [0.05, 0.1) is 35.5 Å². The molecule has 0 radical (unpaired) electrons. The molecule has 0 aromatic heterocycles. The third-order valence-corrected chi connectivity index (χ3v) is 13.3. The summed E-state index contributed by atoms with van der Waals surface area (Å²) in [5, 5.41) is 0. The predicted octanol–water partition coefficient (Wildman–Crippen LogP) is 17.4. The zero-order chi connectivity index (χ0) is 51.6. The van der Waals surface area contributed by atoms with Crippen LogP contribution >= 0.6 is 0 Å². The van der Waals surface area contributed by atoms with E-state index in [0.29, 0.717) is 0 Å². The minimum atomic E-state index is 0.803. The van der Waals surface area contributed by atoms with E-state index in [9.17, 15) is 0 Å². The molecule has 74 heavy (non-hydrogen) atoms. The number of rotatable bonds is 18. The van der Waals surface area contributed by atoms with E-state index in [1.807, 2.05) is 60.7 Å². The fourth-order valence-electron chi connectivity index (χ4n) is 8.98. The first-order valence-corrected chi connectivity index (χ1v) is 24.5. The maximum absolute atomic E-state index is 5.56. The number of hydrogen-bond donors (Lipinski definition) is 0. The fourth-order valence-corrected chi connectivity index (χ4v) is 8.98. The molecule has 0 heterocycles. The summed E-state index contributed by atoms with van der Waals surface area (Å²) in [6.45, 7) is 6.47. The van der Waals surface area contributed by atoms with Crippen LogP contribution in [0.1, 0.15) is 38.9 Å². The summed E-state index contributed by atoms with van der Waals surface area (Å²) in [4.78, 5) is 6.77. The van der Waals surface area contributed by atoms with Gasteiger partial charge in [-0.2, -0.15) is 0 Å². The summed E-state index contributed by atoms with van der Waals surface area (Å²) in [7, 11) is 8.44. The van der Waals surface area contributed by atoms with E-state index < -0.39 is 0 Å². The van der Waals surface area contributed by atoms with Crippen LogP contribution in [0.4, 0.5) is 51.2 Å². The van der Waals surface area contributed by atoms with E-state index in [4.69, 9.17) is 23.7 Å². The highest BCUT2D eigenvalue weighted by Gasteiger charge is 2.18. The average Bonchev–Trinajstić information content (AvgIpc) is 3.45. The summed E-state index contributed by atoms with van der Waals surface area (Å²) in [5.41, 5.74) is 17.2. The van der Waals surface area contributed by atoms with E-state index in [2.05, 4.69) is 199 Å². The molecule has 0 saturated heterocycles. The van der Waals surface area contributed by atoms with Crippen LogP contribution < -0.4 is 38.4 Å². The number of benzene rings is 9.